The van der Waals surface area contributed by atoms with E-state index in [4.69, 9.17) is 0 Å². The van der Waals surface area contributed by atoms with Crippen LogP contribution in [0.2, 0.25) is 0 Å². The van der Waals surface area contributed by atoms with Gasteiger partial charge in [0, 0.05) is 35.4 Å². The van der Waals surface area contributed by atoms with Crippen molar-refractivity contribution in [1.82, 2.24) is 9.78 Å². The van der Waals surface area contributed by atoms with E-state index in [0.29, 0.717) is 11.6 Å². The van der Waals surface area contributed by atoms with Gasteiger partial charge in [-0.3, -0.25) is 19.6 Å². The van der Waals surface area contributed by atoms with Gasteiger partial charge in [-0.2, -0.15) is 23.5 Å². The molecular weight excluding hydrogens is 503 g/mol. The molecule has 194 valence electrons. The number of benzene rings is 2. The van der Waals surface area contributed by atoms with E-state index in [1.54, 1.807) is 19.1 Å². The second-order valence-corrected chi connectivity index (χ2v) is 8.63. The Balaban J connectivity index is 1.65. The number of non-ortho nitro benzene ring substituents is 1. The van der Waals surface area contributed by atoms with E-state index >= 15 is 0 Å². The van der Waals surface area contributed by atoms with Crippen molar-refractivity contribution in [2.24, 2.45) is 5.92 Å². The molecule has 0 saturated carbocycles. The number of amides is 1. The van der Waals surface area contributed by atoms with Crippen LogP contribution >= 0.6 is 0 Å². The molecule has 12 heteroatoms. The molecule has 1 aliphatic rings. The lowest BCUT2D eigenvalue weighted by atomic mass is 9.93. The third-order valence-electron chi connectivity index (χ3n) is 6.00. The number of aliphatic hydroxyl groups excluding tert-OH is 1. The van der Waals surface area contributed by atoms with Crippen LogP contribution in [0, 0.1) is 27.4 Å². The van der Waals surface area contributed by atoms with E-state index in [1.165, 1.54) is 54.6 Å². The number of aliphatic hydroxyl groups is 1. The van der Waals surface area contributed by atoms with Crippen molar-refractivity contribution in [3.05, 3.63) is 111 Å². The number of nitrogens with zero attached hydrogens (tertiary/aromatic N) is 4. The number of nitriles is 1. The van der Waals surface area contributed by atoms with Crippen molar-refractivity contribution < 1.29 is 28.0 Å². The van der Waals surface area contributed by atoms with Crippen LogP contribution in [0.1, 0.15) is 46.4 Å². The lowest BCUT2D eigenvalue weighted by Gasteiger charge is -2.23. The maximum Gasteiger partial charge on any atom is 0.435 e. The van der Waals surface area contributed by atoms with Crippen molar-refractivity contribution in [2.75, 3.05) is 5.32 Å². The van der Waals surface area contributed by atoms with Gasteiger partial charge in [0.05, 0.1) is 17.0 Å². The number of nitro groups is 1. The fraction of sp³-hybridized carbons (Fsp3) is 0.192. The first-order valence-electron chi connectivity index (χ1n) is 11.3. The first-order chi connectivity index (χ1) is 18.0. The molecule has 1 heterocycles. The summed E-state index contributed by atoms with van der Waals surface area (Å²) in [7, 11) is 0. The molecule has 2 aromatic carbocycles. The molecule has 3 aromatic rings. The highest BCUT2D eigenvalue weighted by Crippen LogP contribution is 2.34. The van der Waals surface area contributed by atoms with Gasteiger partial charge in [-0.15, -0.1) is 0 Å². The van der Waals surface area contributed by atoms with Crippen LogP contribution in [0.15, 0.2) is 78.4 Å². The highest BCUT2D eigenvalue weighted by atomic mass is 19.4. The zero-order chi connectivity index (χ0) is 27.6. The van der Waals surface area contributed by atoms with Crippen LogP contribution in [0.3, 0.4) is 0 Å². The van der Waals surface area contributed by atoms with E-state index in [1.807, 2.05) is 6.07 Å². The maximum atomic E-state index is 13.5. The van der Waals surface area contributed by atoms with Crippen molar-refractivity contribution in [2.45, 2.75) is 25.2 Å². The van der Waals surface area contributed by atoms with Gasteiger partial charge in [0.25, 0.3) is 11.6 Å². The molecule has 0 aliphatic heterocycles. The number of carbonyl (C=O) groups is 1. The van der Waals surface area contributed by atoms with E-state index < -0.39 is 34.8 Å². The Hall–Kier alpha value is -4.76. The van der Waals surface area contributed by atoms with Crippen molar-refractivity contribution in [3.63, 3.8) is 0 Å². The number of anilines is 1. The van der Waals surface area contributed by atoms with E-state index in [2.05, 4.69) is 10.4 Å². The fourth-order valence-corrected chi connectivity index (χ4v) is 4.04. The van der Waals surface area contributed by atoms with Crippen LogP contribution < -0.4 is 5.32 Å². The highest BCUT2D eigenvalue weighted by molar-refractivity contribution is 6.03. The number of nitrogens with one attached hydrogen (secondary N) is 1. The van der Waals surface area contributed by atoms with Crippen LogP contribution in [-0.2, 0) is 6.18 Å². The minimum atomic E-state index is -4.81. The van der Waals surface area contributed by atoms with Gasteiger partial charge in [0.1, 0.15) is 11.8 Å². The number of carbonyl (C=O) groups excluding carboxylic acids is 1. The largest absolute Gasteiger partial charge is 0.435 e. The zero-order valence-corrected chi connectivity index (χ0v) is 19.8. The van der Waals surface area contributed by atoms with Gasteiger partial charge in [0.15, 0.2) is 5.69 Å². The van der Waals surface area contributed by atoms with Gasteiger partial charge >= 0.3 is 6.18 Å². The minimum absolute atomic E-state index is 0.170. The molecule has 0 bridgehead atoms. The van der Waals surface area contributed by atoms with E-state index in [0.717, 1.165) is 4.68 Å². The molecule has 0 fully saturated rings. The Labute approximate surface area is 214 Å². The molecule has 0 spiro atoms. The molecule has 1 aromatic heterocycles. The smallest absolute Gasteiger partial charge is 0.384 e. The molecule has 4 rings (SSSR count). The lowest BCUT2D eigenvalue weighted by molar-refractivity contribution is -0.385. The number of allylic oxidation sites excluding steroid dienone is 4. The summed E-state index contributed by atoms with van der Waals surface area (Å²) < 4.78 is 41.5. The molecule has 9 nitrogen and oxygen atoms in total. The number of nitro benzene ring substituents is 1. The third-order valence-corrected chi connectivity index (χ3v) is 6.00. The minimum Gasteiger partial charge on any atom is -0.384 e. The molecule has 3 unspecified atom stereocenters. The summed E-state index contributed by atoms with van der Waals surface area (Å²) in [4.78, 5) is 23.6. The van der Waals surface area contributed by atoms with Crippen LogP contribution in [0.5, 0.6) is 0 Å². The highest BCUT2D eigenvalue weighted by Gasteiger charge is 2.37. The first-order valence-corrected chi connectivity index (χ1v) is 11.3. The van der Waals surface area contributed by atoms with Gasteiger partial charge in [-0.25, -0.2) is 0 Å². The molecular formula is C26H20F3N5O4. The predicted molar refractivity (Wildman–Crippen MR) is 130 cm³/mol. The molecule has 1 amide bonds. The van der Waals surface area contributed by atoms with Gasteiger partial charge < -0.3 is 10.4 Å². The Kier molecular flexibility index (Phi) is 7.14. The van der Waals surface area contributed by atoms with Crippen molar-refractivity contribution in [3.8, 4) is 6.07 Å². The summed E-state index contributed by atoms with van der Waals surface area (Å²) >= 11 is 0. The number of alkyl halides is 3. The number of hydrogen-bond acceptors (Lipinski definition) is 6. The third kappa shape index (κ3) is 5.47. The maximum absolute atomic E-state index is 13.5. The topological polar surface area (TPSA) is 134 Å². The summed E-state index contributed by atoms with van der Waals surface area (Å²) in [5.41, 5.74) is -0.904. The van der Waals surface area contributed by atoms with Gasteiger partial charge in [-0.1, -0.05) is 37.3 Å². The van der Waals surface area contributed by atoms with E-state index in [-0.39, 0.29) is 34.1 Å². The summed E-state index contributed by atoms with van der Waals surface area (Å²) in [6.07, 6.45) is -1.42. The Morgan fingerprint density at radius 2 is 1.89 bits per heavy atom. The number of aromatic nitrogens is 2. The van der Waals surface area contributed by atoms with Crippen molar-refractivity contribution in [1.29, 1.82) is 5.26 Å². The fourth-order valence-electron chi connectivity index (χ4n) is 4.04. The second kappa shape index (κ2) is 10.3. The summed E-state index contributed by atoms with van der Waals surface area (Å²) in [5.74, 6) is -1.24. The monoisotopic (exact) mass is 523 g/mol. The molecule has 0 saturated heterocycles. The first kappa shape index (κ1) is 26.3. The van der Waals surface area contributed by atoms with E-state index in [9.17, 15) is 38.4 Å². The molecule has 1 aliphatic carbocycles. The second-order valence-electron chi connectivity index (χ2n) is 8.63. The SMILES string of the molecule is CC1C=CC(C#N)=CC1n1nc(C(F)(F)F)cc1C(=O)Nc1cccc(C(O)c2cccc([N+](=O)[O-])c2)c1. The van der Waals surface area contributed by atoms with Crippen LogP contribution in [0.25, 0.3) is 0 Å². The molecule has 38 heavy (non-hydrogen) atoms. The van der Waals surface area contributed by atoms with Crippen LogP contribution in [0.4, 0.5) is 24.5 Å². The lowest BCUT2D eigenvalue weighted by Crippen LogP contribution is -2.24. The standard InChI is InChI=1S/C26H20F3N5O4/c1-15-8-9-16(14-30)10-21(15)33-22(13-23(32-33)26(27,28)29)25(36)31-19-6-2-4-17(11-19)24(35)18-5-3-7-20(12-18)34(37)38/h2-13,15,21,24,35H,1H3,(H,31,36). The summed E-state index contributed by atoms with van der Waals surface area (Å²) in [6.45, 7) is 1.72. The predicted octanol–water partition coefficient (Wildman–Crippen LogP) is 5.34. The molecule has 3 atom stereocenters. The van der Waals surface area contributed by atoms with Crippen LogP contribution in [-0.4, -0.2) is 25.7 Å². The Morgan fingerprint density at radius 1 is 1.21 bits per heavy atom. The molecule has 2 N–H and O–H groups in total. The number of hydrogen-bond donors (Lipinski definition) is 2. The number of halogens is 3. The average Bonchev–Trinajstić information content (AvgIpc) is 3.35. The zero-order valence-electron chi connectivity index (χ0n) is 19.8. The average molecular weight is 523 g/mol. The summed E-state index contributed by atoms with van der Waals surface area (Å²) in [5, 5.41) is 37.2. The summed E-state index contributed by atoms with van der Waals surface area (Å²) in [6, 6.07) is 13.1. The van der Waals surface area contributed by atoms with Crippen molar-refractivity contribution >= 4 is 17.3 Å². The number of rotatable bonds is 6. The Morgan fingerprint density at radius 3 is 2.55 bits per heavy atom. The Bertz CT molecular complexity index is 1500. The van der Waals surface area contributed by atoms with Gasteiger partial charge in [0.2, 0.25) is 0 Å². The van der Waals surface area contributed by atoms with Gasteiger partial charge in [-0.05, 0) is 35.4 Å². The quantitative estimate of drug-likeness (QED) is 0.331. The normalized spacial score (nSPS) is 17.8. The molecule has 0 radical (unpaired) electrons.